The van der Waals surface area contributed by atoms with Crippen LogP contribution in [-0.2, 0) is 0 Å². The summed E-state index contributed by atoms with van der Waals surface area (Å²) in [6, 6.07) is 29.8. The second-order valence-electron chi connectivity index (χ2n) is 11.0. The highest BCUT2D eigenvalue weighted by atomic mass is 16.5. The minimum absolute atomic E-state index is 0.610. The molecule has 0 aliphatic rings. The highest BCUT2D eigenvalue weighted by Crippen LogP contribution is 2.37. The van der Waals surface area contributed by atoms with Crippen LogP contribution in [0.3, 0.4) is 0 Å². The lowest BCUT2D eigenvalue weighted by Crippen LogP contribution is -2.27. The van der Waals surface area contributed by atoms with E-state index in [1.54, 1.807) is 0 Å². The SMILES string of the molecule is CCCCOc1ccccc1-c1cc(-c2ccc(N(CC)CC(C)C)cc2)cc(-c2ccccc2OCCCC)n1. The molecule has 0 radical (unpaired) electrons. The molecule has 0 spiro atoms. The Labute approximate surface area is 247 Å². The van der Waals surface area contributed by atoms with Crippen LogP contribution in [0.1, 0.15) is 60.3 Å². The molecule has 4 aromatic rings. The van der Waals surface area contributed by atoms with Crippen molar-refractivity contribution < 1.29 is 9.47 Å². The van der Waals surface area contributed by atoms with Crippen LogP contribution in [0.2, 0.25) is 0 Å². The molecule has 0 N–H and O–H groups in total. The van der Waals surface area contributed by atoms with Crippen molar-refractivity contribution in [2.45, 2.75) is 60.3 Å². The summed E-state index contributed by atoms with van der Waals surface area (Å²) in [5.74, 6) is 2.34. The van der Waals surface area contributed by atoms with E-state index in [9.17, 15) is 0 Å². The first-order valence-electron chi connectivity index (χ1n) is 15.4. The van der Waals surface area contributed by atoms with Crippen molar-refractivity contribution in [1.29, 1.82) is 0 Å². The predicted molar refractivity (Wildman–Crippen MR) is 174 cm³/mol. The summed E-state index contributed by atoms with van der Waals surface area (Å²) in [4.78, 5) is 7.64. The zero-order valence-corrected chi connectivity index (χ0v) is 25.5. The van der Waals surface area contributed by atoms with Gasteiger partial charge in [-0.2, -0.15) is 0 Å². The van der Waals surface area contributed by atoms with Crippen LogP contribution in [0.15, 0.2) is 84.9 Å². The van der Waals surface area contributed by atoms with Crippen molar-refractivity contribution in [2.24, 2.45) is 5.92 Å². The molecule has 0 aliphatic heterocycles. The average Bonchev–Trinajstić information content (AvgIpc) is 3.00. The molecular formula is C37H46N2O2. The lowest BCUT2D eigenvalue weighted by atomic mass is 9.99. The van der Waals surface area contributed by atoms with Crippen molar-refractivity contribution >= 4 is 5.69 Å². The van der Waals surface area contributed by atoms with Gasteiger partial charge in [0.15, 0.2) is 0 Å². The maximum Gasteiger partial charge on any atom is 0.128 e. The minimum Gasteiger partial charge on any atom is -0.493 e. The molecule has 0 saturated carbocycles. The average molecular weight is 551 g/mol. The van der Waals surface area contributed by atoms with E-state index >= 15 is 0 Å². The van der Waals surface area contributed by atoms with Crippen LogP contribution in [0.25, 0.3) is 33.6 Å². The Kier molecular flexibility index (Phi) is 11.2. The fourth-order valence-electron chi connectivity index (χ4n) is 4.96. The van der Waals surface area contributed by atoms with E-state index in [2.05, 4.69) is 100 Å². The van der Waals surface area contributed by atoms with Gasteiger partial charge in [-0.1, -0.05) is 76.9 Å². The summed E-state index contributed by atoms with van der Waals surface area (Å²) >= 11 is 0. The van der Waals surface area contributed by atoms with Gasteiger partial charge in [0, 0.05) is 29.9 Å². The quantitative estimate of drug-likeness (QED) is 0.138. The number of hydrogen-bond acceptors (Lipinski definition) is 4. The maximum absolute atomic E-state index is 6.23. The van der Waals surface area contributed by atoms with E-state index in [4.69, 9.17) is 14.5 Å². The Bertz CT molecular complexity index is 1290. The van der Waals surface area contributed by atoms with Crippen molar-refractivity contribution in [2.75, 3.05) is 31.2 Å². The third-order valence-corrected chi connectivity index (χ3v) is 7.20. The first kappa shape index (κ1) is 30.2. The first-order valence-corrected chi connectivity index (χ1v) is 15.4. The molecule has 41 heavy (non-hydrogen) atoms. The Morgan fingerprint density at radius 3 is 1.63 bits per heavy atom. The third-order valence-electron chi connectivity index (χ3n) is 7.20. The molecule has 4 rings (SSSR count). The summed E-state index contributed by atoms with van der Waals surface area (Å²) in [5, 5.41) is 0. The number of anilines is 1. The van der Waals surface area contributed by atoms with Crippen molar-refractivity contribution in [3.05, 3.63) is 84.9 Å². The number of rotatable bonds is 15. The molecule has 1 aromatic heterocycles. The Morgan fingerprint density at radius 1 is 0.659 bits per heavy atom. The van der Waals surface area contributed by atoms with E-state index in [1.165, 1.54) is 5.69 Å². The molecule has 0 fully saturated rings. The second kappa shape index (κ2) is 15.3. The van der Waals surface area contributed by atoms with Crippen molar-refractivity contribution in [1.82, 2.24) is 4.98 Å². The fourth-order valence-corrected chi connectivity index (χ4v) is 4.96. The zero-order valence-electron chi connectivity index (χ0n) is 25.5. The maximum atomic E-state index is 6.23. The molecular weight excluding hydrogens is 504 g/mol. The van der Waals surface area contributed by atoms with Crippen LogP contribution in [0, 0.1) is 5.92 Å². The topological polar surface area (TPSA) is 34.6 Å². The van der Waals surface area contributed by atoms with E-state index in [-0.39, 0.29) is 0 Å². The summed E-state index contributed by atoms with van der Waals surface area (Å²) in [5.41, 5.74) is 7.33. The van der Waals surface area contributed by atoms with E-state index < -0.39 is 0 Å². The lowest BCUT2D eigenvalue weighted by Gasteiger charge is -2.25. The fraction of sp³-hybridized carbons (Fsp3) is 0.378. The van der Waals surface area contributed by atoms with Crippen molar-refractivity contribution in [3.63, 3.8) is 0 Å². The van der Waals surface area contributed by atoms with Crippen LogP contribution in [0.4, 0.5) is 5.69 Å². The summed E-state index contributed by atoms with van der Waals surface area (Å²) in [6.07, 6.45) is 4.23. The summed E-state index contributed by atoms with van der Waals surface area (Å²) < 4.78 is 12.5. The van der Waals surface area contributed by atoms with Gasteiger partial charge >= 0.3 is 0 Å². The molecule has 0 aliphatic carbocycles. The lowest BCUT2D eigenvalue weighted by molar-refractivity contribution is 0.310. The van der Waals surface area contributed by atoms with E-state index in [0.29, 0.717) is 19.1 Å². The van der Waals surface area contributed by atoms with Gasteiger partial charge in [-0.15, -0.1) is 0 Å². The van der Waals surface area contributed by atoms with E-state index in [1.807, 2.05) is 24.3 Å². The van der Waals surface area contributed by atoms with Crippen molar-refractivity contribution in [3.8, 4) is 45.1 Å². The number of aromatic nitrogens is 1. The molecule has 1 heterocycles. The number of pyridine rings is 1. The van der Waals surface area contributed by atoms with Gasteiger partial charge in [-0.05, 0) is 85.3 Å². The van der Waals surface area contributed by atoms with Crippen LogP contribution in [0.5, 0.6) is 11.5 Å². The van der Waals surface area contributed by atoms with E-state index in [0.717, 1.165) is 83.9 Å². The minimum atomic E-state index is 0.610. The number of benzene rings is 3. The number of para-hydroxylation sites is 2. The van der Waals surface area contributed by atoms with Gasteiger partial charge in [0.2, 0.25) is 0 Å². The summed E-state index contributed by atoms with van der Waals surface area (Å²) in [7, 11) is 0. The summed E-state index contributed by atoms with van der Waals surface area (Å²) in [6.45, 7) is 14.5. The molecule has 0 saturated heterocycles. The smallest absolute Gasteiger partial charge is 0.128 e. The predicted octanol–water partition coefficient (Wildman–Crippen LogP) is 9.92. The van der Waals surface area contributed by atoms with Crippen LogP contribution >= 0.6 is 0 Å². The van der Waals surface area contributed by atoms with Gasteiger partial charge < -0.3 is 14.4 Å². The number of unbranched alkanes of at least 4 members (excludes halogenated alkanes) is 2. The van der Waals surface area contributed by atoms with Gasteiger partial charge in [-0.3, -0.25) is 0 Å². The van der Waals surface area contributed by atoms with Crippen LogP contribution in [-0.4, -0.2) is 31.3 Å². The number of hydrogen-bond donors (Lipinski definition) is 0. The Hall–Kier alpha value is -3.79. The number of ether oxygens (including phenoxy) is 2. The molecule has 0 atom stereocenters. The normalized spacial score (nSPS) is 11.1. The zero-order chi connectivity index (χ0) is 29.0. The standard InChI is InChI=1S/C37H46N2O2/c1-6-9-23-40-36-17-13-11-15-32(36)34-25-30(29-19-21-31(22-20-29)39(8-3)27-28(4)5)26-35(38-34)33-16-12-14-18-37(33)41-24-10-7-2/h11-22,25-26,28H,6-10,23-24,27H2,1-5H3. The monoisotopic (exact) mass is 550 g/mol. The molecule has 4 nitrogen and oxygen atoms in total. The second-order valence-corrected chi connectivity index (χ2v) is 11.0. The Balaban J connectivity index is 1.80. The Morgan fingerprint density at radius 2 is 1.17 bits per heavy atom. The third kappa shape index (κ3) is 8.13. The molecule has 0 bridgehead atoms. The molecule has 216 valence electrons. The molecule has 4 heteroatoms. The highest BCUT2D eigenvalue weighted by Gasteiger charge is 2.15. The number of nitrogens with zero attached hydrogens (tertiary/aromatic N) is 2. The van der Waals surface area contributed by atoms with Gasteiger partial charge in [0.1, 0.15) is 11.5 Å². The van der Waals surface area contributed by atoms with Crippen LogP contribution < -0.4 is 14.4 Å². The molecule has 0 unspecified atom stereocenters. The van der Waals surface area contributed by atoms with Gasteiger partial charge in [0.25, 0.3) is 0 Å². The first-order chi connectivity index (χ1) is 20.0. The van der Waals surface area contributed by atoms with Gasteiger partial charge in [0.05, 0.1) is 24.6 Å². The van der Waals surface area contributed by atoms with Gasteiger partial charge in [-0.25, -0.2) is 4.98 Å². The molecule has 0 amide bonds. The molecule has 3 aromatic carbocycles. The highest BCUT2D eigenvalue weighted by molar-refractivity contribution is 5.80. The largest absolute Gasteiger partial charge is 0.493 e.